The zero-order valence-electron chi connectivity index (χ0n) is 8.20. The Morgan fingerprint density at radius 1 is 1.38 bits per heavy atom. The average Bonchev–Trinajstić information content (AvgIpc) is 2.19. The standard InChI is InChI=1S/C11H16N2/c1-9(8-11(12)13-2)10-6-4-3-5-7-10/h3-7,9H,8H2,1-2H3,(H2,12,13). The summed E-state index contributed by atoms with van der Waals surface area (Å²) in [6, 6.07) is 10.4. The molecule has 2 N–H and O–H groups in total. The summed E-state index contributed by atoms with van der Waals surface area (Å²) in [5.41, 5.74) is 6.98. The predicted octanol–water partition coefficient (Wildman–Crippen LogP) is 2.17. The van der Waals surface area contributed by atoms with Crippen LogP contribution >= 0.6 is 0 Å². The maximum atomic E-state index is 5.66. The second-order valence-electron chi connectivity index (χ2n) is 3.23. The molecule has 1 unspecified atom stereocenters. The number of amidine groups is 1. The van der Waals surface area contributed by atoms with Crippen molar-refractivity contribution in [2.24, 2.45) is 10.7 Å². The lowest BCUT2D eigenvalue weighted by Crippen LogP contribution is -2.14. The van der Waals surface area contributed by atoms with Gasteiger partial charge in [-0.1, -0.05) is 37.3 Å². The molecule has 1 atom stereocenters. The number of hydrogen-bond acceptors (Lipinski definition) is 1. The summed E-state index contributed by atoms with van der Waals surface area (Å²) in [5.74, 6) is 1.17. The number of benzene rings is 1. The maximum absolute atomic E-state index is 5.66. The van der Waals surface area contributed by atoms with E-state index in [0.717, 1.165) is 12.3 Å². The smallest absolute Gasteiger partial charge is 0.0939 e. The Kier molecular flexibility index (Phi) is 3.50. The molecule has 1 aromatic carbocycles. The van der Waals surface area contributed by atoms with Crippen molar-refractivity contribution in [3.63, 3.8) is 0 Å². The largest absolute Gasteiger partial charge is 0.387 e. The molecule has 0 aromatic heterocycles. The fourth-order valence-electron chi connectivity index (χ4n) is 1.30. The average molecular weight is 176 g/mol. The first-order valence-corrected chi connectivity index (χ1v) is 4.50. The minimum Gasteiger partial charge on any atom is -0.387 e. The fourth-order valence-corrected chi connectivity index (χ4v) is 1.30. The highest BCUT2D eigenvalue weighted by Gasteiger charge is 2.05. The monoisotopic (exact) mass is 176 g/mol. The second-order valence-corrected chi connectivity index (χ2v) is 3.23. The van der Waals surface area contributed by atoms with Gasteiger partial charge in [0.05, 0.1) is 5.84 Å². The summed E-state index contributed by atoms with van der Waals surface area (Å²) < 4.78 is 0. The number of hydrogen-bond donors (Lipinski definition) is 1. The predicted molar refractivity (Wildman–Crippen MR) is 57.0 cm³/mol. The summed E-state index contributed by atoms with van der Waals surface area (Å²) in [5, 5.41) is 0. The Morgan fingerprint density at radius 3 is 2.54 bits per heavy atom. The van der Waals surface area contributed by atoms with Crippen LogP contribution in [0.15, 0.2) is 35.3 Å². The number of aliphatic imine (C=N–C) groups is 1. The van der Waals surface area contributed by atoms with Crippen LogP contribution in [-0.4, -0.2) is 12.9 Å². The molecule has 0 aliphatic rings. The van der Waals surface area contributed by atoms with Gasteiger partial charge < -0.3 is 5.73 Å². The number of nitrogens with two attached hydrogens (primary N) is 1. The Balaban J connectivity index is 2.64. The van der Waals surface area contributed by atoms with Crippen LogP contribution in [0, 0.1) is 0 Å². The van der Waals surface area contributed by atoms with Gasteiger partial charge in [-0.05, 0) is 11.5 Å². The molecule has 0 saturated heterocycles. The first-order chi connectivity index (χ1) is 6.24. The molecule has 0 saturated carbocycles. The van der Waals surface area contributed by atoms with Gasteiger partial charge in [-0.2, -0.15) is 0 Å². The van der Waals surface area contributed by atoms with Crippen LogP contribution in [0.5, 0.6) is 0 Å². The van der Waals surface area contributed by atoms with Crippen molar-refractivity contribution in [3.05, 3.63) is 35.9 Å². The van der Waals surface area contributed by atoms with Gasteiger partial charge in [-0.15, -0.1) is 0 Å². The first-order valence-electron chi connectivity index (χ1n) is 4.50. The van der Waals surface area contributed by atoms with Crippen molar-refractivity contribution in [2.75, 3.05) is 7.05 Å². The van der Waals surface area contributed by atoms with Gasteiger partial charge in [0.2, 0.25) is 0 Å². The van der Waals surface area contributed by atoms with Crippen LogP contribution in [-0.2, 0) is 0 Å². The molecule has 2 heteroatoms. The lowest BCUT2D eigenvalue weighted by Gasteiger charge is -2.10. The van der Waals surface area contributed by atoms with Crippen molar-refractivity contribution in [2.45, 2.75) is 19.3 Å². The van der Waals surface area contributed by atoms with Crippen LogP contribution in [0.3, 0.4) is 0 Å². The Bertz CT molecular complexity index is 277. The summed E-state index contributed by atoms with van der Waals surface area (Å²) in [6.07, 6.45) is 0.834. The van der Waals surface area contributed by atoms with E-state index in [1.54, 1.807) is 7.05 Å². The summed E-state index contributed by atoms with van der Waals surface area (Å²) in [6.45, 7) is 2.16. The van der Waals surface area contributed by atoms with E-state index in [2.05, 4.69) is 24.0 Å². The van der Waals surface area contributed by atoms with E-state index < -0.39 is 0 Å². The molecular formula is C11H16N2. The van der Waals surface area contributed by atoms with Crippen molar-refractivity contribution in [3.8, 4) is 0 Å². The minimum absolute atomic E-state index is 0.449. The van der Waals surface area contributed by atoms with Crippen molar-refractivity contribution < 1.29 is 0 Å². The third kappa shape index (κ3) is 2.90. The van der Waals surface area contributed by atoms with E-state index in [1.165, 1.54) is 5.56 Å². The molecule has 0 aliphatic carbocycles. The second kappa shape index (κ2) is 4.65. The van der Waals surface area contributed by atoms with E-state index in [1.807, 2.05) is 18.2 Å². The third-order valence-corrected chi connectivity index (χ3v) is 2.17. The molecular weight excluding hydrogens is 160 g/mol. The molecule has 1 aromatic rings. The first kappa shape index (κ1) is 9.78. The Morgan fingerprint density at radius 2 is 2.00 bits per heavy atom. The number of nitrogens with zero attached hydrogens (tertiary/aromatic N) is 1. The molecule has 0 heterocycles. The molecule has 1 rings (SSSR count). The van der Waals surface area contributed by atoms with Crippen molar-refractivity contribution >= 4 is 5.84 Å². The van der Waals surface area contributed by atoms with Crippen molar-refractivity contribution in [1.29, 1.82) is 0 Å². The summed E-state index contributed by atoms with van der Waals surface area (Å²) in [7, 11) is 1.73. The molecule has 0 amide bonds. The third-order valence-electron chi connectivity index (χ3n) is 2.17. The molecule has 13 heavy (non-hydrogen) atoms. The van der Waals surface area contributed by atoms with E-state index in [4.69, 9.17) is 5.73 Å². The Labute approximate surface area is 79.5 Å². The van der Waals surface area contributed by atoms with Crippen molar-refractivity contribution in [1.82, 2.24) is 0 Å². The van der Waals surface area contributed by atoms with Gasteiger partial charge >= 0.3 is 0 Å². The van der Waals surface area contributed by atoms with Crippen LogP contribution in [0.25, 0.3) is 0 Å². The molecule has 70 valence electrons. The normalized spacial score (nSPS) is 14.2. The van der Waals surface area contributed by atoms with E-state index in [-0.39, 0.29) is 0 Å². The van der Waals surface area contributed by atoms with Gasteiger partial charge in [0, 0.05) is 13.5 Å². The Hall–Kier alpha value is -1.31. The summed E-state index contributed by atoms with van der Waals surface area (Å²) in [4.78, 5) is 3.95. The lowest BCUT2D eigenvalue weighted by molar-refractivity contribution is 0.799. The molecule has 2 nitrogen and oxygen atoms in total. The summed E-state index contributed by atoms with van der Waals surface area (Å²) >= 11 is 0. The molecule has 0 spiro atoms. The maximum Gasteiger partial charge on any atom is 0.0939 e. The fraction of sp³-hybridized carbons (Fsp3) is 0.364. The van der Waals surface area contributed by atoms with E-state index in [9.17, 15) is 0 Å². The minimum atomic E-state index is 0.449. The topological polar surface area (TPSA) is 38.4 Å². The highest BCUT2D eigenvalue weighted by Crippen LogP contribution is 2.17. The van der Waals surface area contributed by atoms with Gasteiger partial charge in [0.15, 0.2) is 0 Å². The van der Waals surface area contributed by atoms with E-state index in [0.29, 0.717) is 5.92 Å². The highest BCUT2D eigenvalue weighted by atomic mass is 14.8. The zero-order chi connectivity index (χ0) is 9.68. The zero-order valence-corrected chi connectivity index (χ0v) is 8.20. The highest BCUT2D eigenvalue weighted by molar-refractivity contribution is 5.80. The quantitative estimate of drug-likeness (QED) is 0.556. The van der Waals surface area contributed by atoms with Crippen LogP contribution in [0.2, 0.25) is 0 Å². The van der Waals surface area contributed by atoms with Gasteiger partial charge in [0.25, 0.3) is 0 Å². The van der Waals surface area contributed by atoms with Crippen LogP contribution < -0.4 is 5.73 Å². The lowest BCUT2D eigenvalue weighted by atomic mass is 9.97. The van der Waals surface area contributed by atoms with Crippen LogP contribution in [0.1, 0.15) is 24.8 Å². The molecule has 0 radical (unpaired) electrons. The van der Waals surface area contributed by atoms with Gasteiger partial charge in [-0.3, -0.25) is 4.99 Å². The van der Waals surface area contributed by atoms with E-state index >= 15 is 0 Å². The molecule has 0 aliphatic heterocycles. The van der Waals surface area contributed by atoms with Gasteiger partial charge in [0.1, 0.15) is 0 Å². The SMILES string of the molecule is CN=C(N)CC(C)c1ccccc1. The van der Waals surface area contributed by atoms with Crippen LogP contribution in [0.4, 0.5) is 0 Å². The molecule has 0 bridgehead atoms. The number of rotatable bonds is 3. The molecule has 0 fully saturated rings. The van der Waals surface area contributed by atoms with Gasteiger partial charge in [-0.25, -0.2) is 0 Å².